The van der Waals surface area contributed by atoms with Crippen LogP contribution in [0, 0.1) is 12.0 Å². The van der Waals surface area contributed by atoms with E-state index in [4.69, 9.17) is 8.85 Å². The van der Waals surface area contributed by atoms with E-state index in [-0.39, 0.29) is 0 Å². The second-order valence-electron chi connectivity index (χ2n) is 6.03. The van der Waals surface area contributed by atoms with Gasteiger partial charge in [0.2, 0.25) is 0 Å². The van der Waals surface area contributed by atoms with Gasteiger partial charge in [0.1, 0.15) is 0 Å². The molecule has 0 amide bonds. The minimum Gasteiger partial charge on any atom is -0.397 e. The molecule has 0 aromatic rings. The van der Waals surface area contributed by atoms with Gasteiger partial charge in [-0.2, -0.15) is 0 Å². The first kappa shape index (κ1) is 14.5. The minimum absolute atomic E-state index is 0.697. The Morgan fingerprint density at radius 3 is 1.78 bits per heavy atom. The van der Waals surface area contributed by atoms with E-state index in [9.17, 15) is 0 Å². The van der Waals surface area contributed by atoms with Crippen molar-refractivity contribution in [3.63, 3.8) is 0 Å². The van der Waals surface area contributed by atoms with Gasteiger partial charge in [-0.25, -0.2) is 0 Å². The van der Waals surface area contributed by atoms with Crippen LogP contribution in [0.1, 0.15) is 64.2 Å². The lowest BCUT2D eigenvalue weighted by molar-refractivity contribution is 0.217. The van der Waals surface area contributed by atoms with Crippen LogP contribution < -0.4 is 0 Å². The molecular formula is C15H29O2Si. The van der Waals surface area contributed by atoms with Crippen molar-refractivity contribution in [1.29, 1.82) is 0 Å². The van der Waals surface area contributed by atoms with Gasteiger partial charge in [0, 0.05) is 25.8 Å². The summed E-state index contributed by atoms with van der Waals surface area (Å²) in [6.45, 7) is 0. The van der Waals surface area contributed by atoms with E-state index in [0.717, 1.165) is 5.92 Å². The van der Waals surface area contributed by atoms with Gasteiger partial charge >= 0.3 is 8.56 Å². The van der Waals surface area contributed by atoms with E-state index in [1.807, 2.05) is 14.2 Å². The molecule has 0 aromatic carbocycles. The number of rotatable bonds is 5. The maximum Gasteiger partial charge on any atom is 0.344 e. The third kappa shape index (κ3) is 3.37. The van der Waals surface area contributed by atoms with Crippen molar-refractivity contribution < 1.29 is 8.85 Å². The Labute approximate surface area is 114 Å². The molecule has 0 atom stereocenters. The molecule has 2 fully saturated rings. The van der Waals surface area contributed by atoms with E-state index in [1.165, 1.54) is 64.2 Å². The maximum absolute atomic E-state index is 5.99. The summed E-state index contributed by atoms with van der Waals surface area (Å²) in [5, 5.41) is 0. The SMILES string of the molecule is CO[Si]([CH]C1CCCCC1)(OC)C1CCCCC1. The summed E-state index contributed by atoms with van der Waals surface area (Å²) >= 11 is 0. The fourth-order valence-electron chi connectivity index (χ4n) is 3.82. The molecule has 0 saturated heterocycles. The van der Waals surface area contributed by atoms with Gasteiger partial charge in [-0.05, 0) is 18.8 Å². The first-order chi connectivity index (χ1) is 8.80. The van der Waals surface area contributed by atoms with E-state index in [1.54, 1.807) is 0 Å². The summed E-state index contributed by atoms with van der Waals surface area (Å²) in [7, 11) is 1.70. The Hall–Kier alpha value is 0.137. The van der Waals surface area contributed by atoms with Crippen molar-refractivity contribution in [3.8, 4) is 0 Å². The van der Waals surface area contributed by atoms with E-state index >= 15 is 0 Å². The molecule has 3 heteroatoms. The van der Waals surface area contributed by atoms with Crippen LogP contribution in [0.3, 0.4) is 0 Å². The molecule has 2 rings (SSSR count). The van der Waals surface area contributed by atoms with Crippen LogP contribution in [-0.2, 0) is 8.85 Å². The molecule has 0 aromatic heterocycles. The zero-order valence-corrected chi connectivity index (χ0v) is 13.1. The van der Waals surface area contributed by atoms with Crippen molar-refractivity contribution in [2.45, 2.75) is 69.7 Å². The lowest BCUT2D eigenvalue weighted by Crippen LogP contribution is -2.48. The Balaban J connectivity index is 1.99. The smallest absolute Gasteiger partial charge is 0.344 e. The zero-order chi connectivity index (χ0) is 12.8. The molecule has 0 bridgehead atoms. The van der Waals surface area contributed by atoms with Crippen molar-refractivity contribution in [2.24, 2.45) is 5.92 Å². The second kappa shape index (κ2) is 7.06. The van der Waals surface area contributed by atoms with Crippen molar-refractivity contribution in [2.75, 3.05) is 14.2 Å². The van der Waals surface area contributed by atoms with Crippen LogP contribution >= 0.6 is 0 Å². The predicted octanol–water partition coefficient (Wildman–Crippen LogP) is 4.38. The average Bonchev–Trinajstić information content (AvgIpc) is 2.47. The molecule has 0 N–H and O–H groups in total. The molecule has 0 heterocycles. The van der Waals surface area contributed by atoms with Crippen molar-refractivity contribution in [1.82, 2.24) is 0 Å². The summed E-state index contributed by atoms with van der Waals surface area (Å²) < 4.78 is 12.0. The highest BCUT2D eigenvalue weighted by molar-refractivity contribution is 6.72. The summed E-state index contributed by atoms with van der Waals surface area (Å²) in [5.41, 5.74) is 0.697. The Morgan fingerprint density at radius 1 is 0.778 bits per heavy atom. The molecule has 0 spiro atoms. The minimum atomic E-state index is -2.06. The topological polar surface area (TPSA) is 18.5 Å². The fraction of sp³-hybridized carbons (Fsp3) is 0.933. The van der Waals surface area contributed by atoms with Crippen LogP contribution in [-0.4, -0.2) is 22.8 Å². The summed E-state index contributed by atoms with van der Waals surface area (Å²) in [6, 6.07) is 2.54. The van der Waals surface area contributed by atoms with Gasteiger partial charge in [0.05, 0.1) is 0 Å². The van der Waals surface area contributed by atoms with Gasteiger partial charge in [0.15, 0.2) is 0 Å². The molecule has 2 aliphatic carbocycles. The number of hydrogen-bond acceptors (Lipinski definition) is 2. The molecule has 0 unspecified atom stereocenters. The molecule has 2 saturated carbocycles. The van der Waals surface area contributed by atoms with Crippen LogP contribution in [0.15, 0.2) is 0 Å². The highest BCUT2D eigenvalue weighted by Gasteiger charge is 2.46. The fourth-order valence-corrected chi connectivity index (χ4v) is 7.40. The number of hydrogen-bond donors (Lipinski definition) is 0. The maximum atomic E-state index is 5.99. The summed E-state index contributed by atoms with van der Waals surface area (Å²) in [6.07, 6.45) is 13.7. The van der Waals surface area contributed by atoms with Crippen LogP contribution in [0.25, 0.3) is 0 Å². The van der Waals surface area contributed by atoms with E-state index in [2.05, 4.69) is 6.04 Å². The highest BCUT2D eigenvalue weighted by atomic mass is 28.4. The largest absolute Gasteiger partial charge is 0.397 e. The predicted molar refractivity (Wildman–Crippen MR) is 77.5 cm³/mol. The highest BCUT2D eigenvalue weighted by Crippen LogP contribution is 2.42. The lowest BCUT2D eigenvalue weighted by atomic mass is 9.91. The summed E-state index contributed by atoms with van der Waals surface area (Å²) in [5.74, 6) is 0.757. The van der Waals surface area contributed by atoms with Crippen LogP contribution in [0.2, 0.25) is 5.54 Å². The van der Waals surface area contributed by atoms with Gasteiger partial charge in [-0.3, -0.25) is 0 Å². The van der Waals surface area contributed by atoms with Crippen molar-refractivity contribution >= 4 is 8.56 Å². The Morgan fingerprint density at radius 2 is 1.28 bits per heavy atom. The van der Waals surface area contributed by atoms with E-state index < -0.39 is 8.56 Å². The standard InChI is InChI=1S/C15H29O2Si/c1-16-18(17-2,15-11-7-4-8-12-15)13-14-9-5-3-6-10-14/h13-15H,3-12H2,1-2H3. The normalized spacial score (nSPS) is 24.3. The third-order valence-corrected chi connectivity index (χ3v) is 8.86. The average molecular weight is 269 g/mol. The first-order valence-electron chi connectivity index (χ1n) is 7.77. The van der Waals surface area contributed by atoms with Crippen molar-refractivity contribution in [3.05, 3.63) is 6.04 Å². The van der Waals surface area contributed by atoms with Gasteiger partial charge in [-0.1, -0.05) is 51.4 Å². The molecular weight excluding hydrogens is 240 g/mol. The van der Waals surface area contributed by atoms with Gasteiger partial charge < -0.3 is 8.85 Å². The van der Waals surface area contributed by atoms with Crippen LogP contribution in [0.5, 0.6) is 0 Å². The molecule has 2 aliphatic rings. The van der Waals surface area contributed by atoms with Gasteiger partial charge in [-0.15, -0.1) is 0 Å². The van der Waals surface area contributed by atoms with Crippen LogP contribution in [0.4, 0.5) is 0 Å². The lowest BCUT2D eigenvalue weighted by Gasteiger charge is -2.39. The molecule has 105 valence electrons. The monoisotopic (exact) mass is 269 g/mol. The summed E-state index contributed by atoms with van der Waals surface area (Å²) in [4.78, 5) is 0. The Bertz CT molecular complexity index is 229. The second-order valence-corrected chi connectivity index (χ2v) is 9.44. The quantitative estimate of drug-likeness (QED) is 0.690. The molecule has 2 nitrogen and oxygen atoms in total. The Kier molecular flexibility index (Phi) is 5.71. The third-order valence-electron chi connectivity index (χ3n) is 4.93. The first-order valence-corrected chi connectivity index (χ1v) is 9.74. The molecule has 1 radical (unpaired) electrons. The van der Waals surface area contributed by atoms with E-state index in [0.29, 0.717) is 5.54 Å². The van der Waals surface area contributed by atoms with Gasteiger partial charge in [0.25, 0.3) is 0 Å². The zero-order valence-electron chi connectivity index (χ0n) is 12.1. The molecule has 18 heavy (non-hydrogen) atoms. The molecule has 0 aliphatic heterocycles.